The third-order valence-corrected chi connectivity index (χ3v) is 10.8. The molecule has 4 N–H and O–H groups in total. The predicted octanol–water partition coefficient (Wildman–Crippen LogP) is 4.63. The number of fused-ring (bicyclic) bond motifs is 3. The minimum atomic E-state index is -5.80. The van der Waals surface area contributed by atoms with Crippen molar-refractivity contribution < 1.29 is 42.3 Å². The molecule has 2 saturated heterocycles. The molecule has 0 aliphatic carbocycles. The van der Waals surface area contributed by atoms with Crippen molar-refractivity contribution in [2.75, 3.05) is 18.4 Å². The van der Waals surface area contributed by atoms with Gasteiger partial charge in [0, 0.05) is 42.0 Å². The van der Waals surface area contributed by atoms with Gasteiger partial charge >= 0.3 is 13.3 Å². The summed E-state index contributed by atoms with van der Waals surface area (Å²) in [5, 5.41) is 7.73. The Morgan fingerprint density at radius 1 is 0.957 bits per heavy atom. The number of halogens is 2. The molecule has 246 valence electrons. The second-order valence-corrected chi connectivity index (χ2v) is 14.5. The van der Waals surface area contributed by atoms with Crippen LogP contribution in [-0.2, 0) is 24.6 Å². The number of thiophene rings is 1. The maximum absolute atomic E-state index is 14.3. The summed E-state index contributed by atoms with van der Waals surface area (Å²) in [6.07, 6.45) is 1.39. The SMILES string of the molecule is CC(=O)N1CC[C@H]2CC[C@@H](C(=O)Nc3ccc4ccccc4c3)N2C(=O)[C@@H](NC(=O)c2cc3cc(C(F)(F)P(=O)(O)O)ccc3s2)C1. The van der Waals surface area contributed by atoms with E-state index in [-0.39, 0.29) is 34.7 Å². The number of benzene rings is 3. The van der Waals surface area contributed by atoms with Crippen LogP contribution in [0.4, 0.5) is 14.5 Å². The second kappa shape index (κ2) is 12.4. The number of nitrogens with one attached hydrogen (secondary N) is 2. The molecule has 2 fully saturated rings. The van der Waals surface area contributed by atoms with Crippen molar-refractivity contribution in [3.05, 3.63) is 77.2 Å². The topological polar surface area (TPSA) is 156 Å². The molecule has 0 bridgehead atoms. The highest BCUT2D eigenvalue weighted by atomic mass is 32.1. The number of hydrogen-bond donors (Lipinski definition) is 4. The van der Waals surface area contributed by atoms with Gasteiger partial charge in [-0.1, -0.05) is 36.4 Å². The van der Waals surface area contributed by atoms with Gasteiger partial charge in [0.15, 0.2) is 0 Å². The van der Waals surface area contributed by atoms with Crippen LogP contribution in [-0.4, -0.2) is 74.4 Å². The second-order valence-electron chi connectivity index (χ2n) is 11.8. The number of amides is 4. The van der Waals surface area contributed by atoms with Crippen molar-refractivity contribution in [1.82, 2.24) is 15.1 Å². The Bertz CT molecular complexity index is 1960. The van der Waals surface area contributed by atoms with E-state index in [0.29, 0.717) is 36.2 Å². The average Bonchev–Trinajstić information content (AvgIpc) is 3.64. The molecule has 4 aromatic rings. The smallest absolute Gasteiger partial charge is 0.340 e. The van der Waals surface area contributed by atoms with E-state index in [4.69, 9.17) is 9.79 Å². The highest BCUT2D eigenvalue weighted by molar-refractivity contribution is 7.52. The first kappa shape index (κ1) is 32.7. The lowest BCUT2D eigenvalue weighted by Crippen LogP contribution is -2.60. The summed E-state index contributed by atoms with van der Waals surface area (Å²) in [6, 6.07) is 15.2. The Balaban J connectivity index is 1.24. The minimum Gasteiger partial charge on any atom is -0.340 e. The number of alkyl halides is 2. The maximum Gasteiger partial charge on any atom is 0.399 e. The molecule has 0 spiro atoms. The Morgan fingerprint density at radius 3 is 2.43 bits per heavy atom. The fourth-order valence-corrected chi connectivity index (χ4v) is 7.68. The molecule has 2 aliphatic heterocycles. The fourth-order valence-electron chi connectivity index (χ4n) is 6.26. The summed E-state index contributed by atoms with van der Waals surface area (Å²) >= 11 is 0.945. The summed E-state index contributed by atoms with van der Waals surface area (Å²) in [5.41, 5.74) is -4.74. The molecule has 3 atom stereocenters. The van der Waals surface area contributed by atoms with Crippen LogP contribution in [0.3, 0.4) is 0 Å². The van der Waals surface area contributed by atoms with Crippen LogP contribution in [0.1, 0.15) is 41.4 Å². The van der Waals surface area contributed by atoms with Crippen LogP contribution < -0.4 is 10.6 Å². The van der Waals surface area contributed by atoms with Gasteiger partial charge in [-0.05, 0) is 65.8 Å². The molecule has 6 rings (SSSR count). The molecular formula is C32H31F2N4O7PS. The summed E-state index contributed by atoms with van der Waals surface area (Å²) < 4.78 is 40.4. The van der Waals surface area contributed by atoms with Crippen molar-refractivity contribution in [3.8, 4) is 0 Å². The Morgan fingerprint density at radius 2 is 1.70 bits per heavy atom. The predicted molar refractivity (Wildman–Crippen MR) is 172 cm³/mol. The van der Waals surface area contributed by atoms with E-state index in [1.807, 2.05) is 36.4 Å². The summed E-state index contributed by atoms with van der Waals surface area (Å²) in [6.45, 7) is 1.55. The average molecular weight is 685 g/mol. The van der Waals surface area contributed by atoms with Gasteiger partial charge < -0.3 is 30.2 Å². The lowest BCUT2D eigenvalue weighted by Gasteiger charge is -2.38. The standard InChI is InChI=1S/C32H31F2N4O7PS/c1-18(39)37-13-12-24-9-10-26(29(40)35-23-8-6-19-4-2-3-5-20(19)15-23)38(24)31(42)25(17-37)36-30(41)28-16-21-14-22(7-11-27(21)47-28)32(33,34)46(43,44)45/h2-8,11,14-16,24-26H,9-10,12-13,17H2,1H3,(H,35,40)(H,36,41)(H2,43,44,45)/t24-,25+,26+/m1/s1. The maximum atomic E-state index is 14.3. The van der Waals surface area contributed by atoms with Crippen LogP contribution in [0.5, 0.6) is 0 Å². The minimum absolute atomic E-state index is 0.0597. The molecule has 15 heteroatoms. The zero-order valence-corrected chi connectivity index (χ0v) is 26.8. The quantitative estimate of drug-likeness (QED) is 0.216. The van der Waals surface area contributed by atoms with E-state index in [2.05, 4.69) is 10.6 Å². The van der Waals surface area contributed by atoms with Gasteiger partial charge in [0.25, 0.3) is 5.91 Å². The summed E-state index contributed by atoms with van der Waals surface area (Å²) in [5.74, 6) is -1.87. The number of carbonyl (C=O) groups excluding carboxylic acids is 4. The van der Waals surface area contributed by atoms with Crippen LogP contribution in [0.15, 0.2) is 66.7 Å². The highest BCUT2D eigenvalue weighted by Crippen LogP contribution is 2.59. The van der Waals surface area contributed by atoms with Gasteiger partial charge in [-0.3, -0.25) is 23.7 Å². The van der Waals surface area contributed by atoms with Crippen molar-refractivity contribution >= 4 is 69.1 Å². The Hall–Kier alpha value is -4.23. The first-order chi connectivity index (χ1) is 22.2. The van der Waals surface area contributed by atoms with Crippen molar-refractivity contribution in [2.24, 2.45) is 0 Å². The van der Waals surface area contributed by atoms with Gasteiger partial charge in [-0.2, -0.15) is 8.78 Å². The lowest BCUT2D eigenvalue weighted by molar-refractivity contribution is -0.143. The highest BCUT2D eigenvalue weighted by Gasteiger charge is 2.50. The van der Waals surface area contributed by atoms with Gasteiger partial charge in [0.1, 0.15) is 12.1 Å². The normalized spacial score (nSPS) is 20.5. The molecule has 4 amide bonds. The van der Waals surface area contributed by atoms with Crippen molar-refractivity contribution in [1.29, 1.82) is 0 Å². The summed E-state index contributed by atoms with van der Waals surface area (Å²) in [4.78, 5) is 74.9. The van der Waals surface area contributed by atoms with Crippen LogP contribution in [0.2, 0.25) is 0 Å². The number of anilines is 1. The molecule has 0 saturated carbocycles. The van der Waals surface area contributed by atoms with E-state index >= 15 is 0 Å². The molecule has 11 nitrogen and oxygen atoms in total. The largest absolute Gasteiger partial charge is 0.399 e. The lowest BCUT2D eigenvalue weighted by atomic mass is 10.1. The Labute approximate surface area is 271 Å². The van der Waals surface area contributed by atoms with Gasteiger partial charge in [0.05, 0.1) is 4.88 Å². The molecule has 47 heavy (non-hydrogen) atoms. The zero-order chi connectivity index (χ0) is 33.7. The van der Waals surface area contributed by atoms with Crippen LogP contribution >= 0.6 is 18.9 Å². The molecule has 0 radical (unpaired) electrons. The molecule has 3 aromatic carbocycles. The number of nitrogens with zero attached hydrogens (tertiary/aromatic N) is 2. The van der Waals surface area contributed by atoms with Crippen LogP contribution in [0, 0.1) is 0 Å². The van der Waals surface area contributed by atoms with Gasteiger partial charge in [0.2, 0.25) is 17.7 Å². The molecule has 2 aliphatic rings. The van der Waals surface area contributed by atoms with Gasteiger partial charge in [-0.15, -0.1) is 11.3 Å². The summed E-state index contributed by atoms with van der Waals surface area (Å²) in [7, 11) is -5.80. The van der Waals surface area contributed by atoms with E-state index < -0.39 is 42.7 Å². The third-order valence-electron chi connectivity index (χ3n) is 8.71. The van der Waals surface area contributed by atoms with Crippen LogP contribution in [0.25, 0.3) is 20.9 Å². The number of carbonyl (C=O) groups is 4. The van der Waals surface area contributed by atoms with E-state index in [0.717, 1.165) is 34.2 Å². The monoisotopic (exact) mass is 684 g/mol. The van der Waals surface area contributed by atoms with E-state index in [1.165, 1.54) is 28.9 Å². The third kappa shape index (κ3) is 6.38. The number of hydrogen-bond acceptors (Lipinski definition) is 6. The van der Waals surface area contributed by atoms with Crippen molar-refractivity contribution in [3.63, 3.8) is 0 Å². The van der Waals surface area contributed by atoms with E-state index in [1.54, 1.807) is 6.07 Å². The fraction of sp³-hybridized carbons (Fsp3) is 0.312. The number of rotatable bonds is 6. The van der Waals surface area contributed by atoms with Gasteiger partial charge in [-0.25, -0.2) is 0 Å². The zero-order valence-electron chi connectivity index (χ0n) is 25.1. The molecule has 3 heterocycles. The van der Waals surface area contributed by atoms with Crippen molar-refractivity contribution in [2.45, 2.75) is 50.0 Å². The van der Waals surface area contributed by atoms with E-state index in [9.17, 15) is 32.5 Å². The molecular weight excluding hydrogens is 653 g/mol. The Kier molecular flexibility index (Phi) is 8.64. The molecule has 0 unspecified atom stereocenters. The first-order valence-corrected chi connectivity index (χ1v) is 17.3. The first-order valence-electron chi connectivity index (χ1n) is 14.9. The molecule has 1 aromatic heterocycles.